The lowest BCUT2D eigenvalue weighted by atomic mass is 10.4. The second-order valence-electron chi connectivity index (χ2n) is 4.41. The lowest BCUT2D eigenvalue weighted by Crippen LogP contribution is -2.19. The van der Waals surface area contributed by atoms with Crippen LogP contribution in [0.2, 0.25) is 0 Å². The van der Waals surface area contributed by atoms with Crippen molar-refractivity contribution in [2.45, 2.75) is 24.4 Å². The van der Waals surface area contributed by atoms with Crippen LogP contribution in [0.5, 0.6) is 0 Å². The number of aromatic amines is 1. The fraction of sp³-hybridized carbons (Fsp3) is 0.308. The topological polar surface area (TPSA) is 109 Å². The Bertz CT molecular complexity index is 923. The highest BCUT2D eigenvalue weighted by Gasteiger charge is 2.11. The summed E-state index contributed by atoms with van der Waals surface area (Å²) in [6.45, 7) is 3.10. The van der Waals surface area contributed by atoms with Crippen molar-refractivity contribution in [3.8, 4) is 6.07 Å². The average molecular weight is 348 g/mol. The number of hydrogen-bond acceptors (Lipinski definition) is 8. The van der Waals surface area contributed by atoms with Crippen LogP contribution in [0.15, 0.2) is 21.5 Å². The molecular weight excluding hydrogens is 336 g/mol. The van der Waals surface area contributed by atoms with E-state index in [1.165, 1.54) is 29.3 Å². The van der Waals surface area contributed by atoms with Gasteiger partial charge >= 0.3 is 5.69 Å². The molecule has 0 aliphatic carbocycles. The first-order valence-corrected chi connectivity index (χ1v) is 8.59. The van der Waals surface area contributed by atoms with E-state index in [0.717, 1.165) is 15.2 Å². The minimum Gasteiger partial charge on any atom is -0.375 e. The van der Waals surface area contributed by atoms with Crippen molar-refractivity contribution in [3.63, 3.8) is 0 Å². The molecule has 1 N–H and O–H groups in total. The van der Waals surface area contributed by atoms with E-state index in [-0.39, 0.29) is 11.2 Å². The Morgan fingerprint density at radius 1 is 1.52 bits per heavy atom. The van der Waals surface area contributed by atoms with Crippen molar-refractivity contribution < 1.29 is 4.74 Å². The second-order valence-corrected chi connectivity index (χ2v) is 6.32. The molecule has 0 spiro atoms. The fourth-order valence-electron chi connectivity index (χ4n) is 1.83. The van der Waals surface area contributed by atoms with Gasteiger partial charge in [-0.15, -0.1) is 11.3 Å². The van der Waals surface area contributed by atoms with Crippen LogP contribution in [0, 0.1) is 11.3 Å². The van der Waals surface area contributed by atoms with E-state index in [1.807, 2.05) is 18.4 Å². The number of hydrogen-bond donors (Lipinski definition) is 1. The summed E-state index contributed by atoms with van der Waals surface area (Å²) in [6.07, 6.45) is 1.33. The molecule has 3 aromatic rings. The lowest BCUT2D eigenvalue weighted by Gasteiger charge is -2.00. The zero-order valence-electron chi connectivity index (χ0n) is 12.1. The summed E-state index contributed by atoms with van der Waals surface area (Å²) in [5, 5.41) is 16.1. The molecule has 0 aliphatic heterocycles. The molecule has 0 aliphatic rings. The van der Waals surface area contributed by atoms with Crippen LogP contribution < -0.4 is 5.69 Å². The number of H-pyrrole nitrogens is 1. The van der Waals surface area contributed by atoms with Crippen LogP contribution in [0.25, 0.3) is 5.65 Å². The number of thioether (sulfide) groups is 1. The van der Waals surface area contributed by atoms with Gasteiger partial charge in [0.1, 0.15) is 16.6 Å². The number of ether oxygens (including phenoxy) is 1. The van der Waals surface area contributed by atoms with Gasteiger partial charge in [0.2, 0.25) is 0 Å². The third kappa shape index (κ3) is 3.42. The van der Waals surface area contributed by atoms with Gasteiger partial charge in [0, 0.05) is 17.7 Å². The Balaban J connectivity index is 1.75. The standard InChI is InChI=1S/C13H12N6O2S2/c1-2-21-5-10-16-9(6-22-10)7-23-12-17-11-8(3-14)4-15-19(11)13(20)18-12/h4,6H,2,5,7H2,1H3,(H,17,18,20). The maximum absolute atomic E-state index is 11.9. The van der Waals surface area contributed by atoms with E-state index >= 15 is 0 Å². The number of aromatic nitrogens is 5. The van der Waals surface area contributed by atoms with Crippen molar-refractivity contribution in [2.24, 2.45) is 0 Å². The molecule has 0 radical (unpaired) electrons. The molecule has 3 aromatic heterocycles. The molecule has 118 valence electrons. The van der Waals surface area contributed by atoms with Crippen LogP contribution in [0.3, 0.4) is 0 Å². The summed E-state index contributed by atoms with van der Waals surface area (Å²) in [5.41, 5.74) is 1.00. The van der Waals surface area contributed by atoms with Gasteiger partial charge in [0.25, 0.3) is 0 Å². The minimum absolute atomic E-state index is 0.258. The molecule has 10 heteroatoms. The Kier molecular flexibility index (Phi) is 4.71. The molecule has 3 rings (SSSR count). The Morgan fingerprint density at radius 3 is 3.17 bits per heavy atom. The summed E-state index contributed by atoms with van der Waals surface area (Å²) >= 11 is 2.89. The largest absolute Gasteiger partial charge is 0.375 e. The van der Waals surface area contributed by atoms with Gasteiger partial charge < -0.3 is 4.74 Å². The molecule has 0 unspecified atom stereocenters. The number of fused-ring (bicyclic) bond motifs is 1. The van der Waals surface area contributed by atoms with E-state index in [0.29, 0.717) is 24.1 Å². The number of nitrogens with one attached hydrogen (secondary N) is 1. The van der Waals surface area contributed by atoms with Crippen LogP contribution in [-0.2, 0) is 17.1 Å². The SMILES string of the molecule is CCOCc1nc(CSc2nc3c(C#N)cnn3c(=O)[nH]2)cs1. The van der Waals surface area contributed by atoms with Crippen LogP contribution in [0.1, 0.15) is 23.2 Å². The van der Waals surface area contributed by atoms with Crippen LogP contribution >= 0.6 is 23.1 Å². The zero-order valence-corrected chi connectivity index (χ0v) is 13.8. The first-order valence-electron chi connectivity index (χ1n) is 6.73. The minimum atomic E-state index is -0.422. The summed E-state index contributed by atoms with van der Waals surface area (Å²) in [6, 6.07) is 1.97. The fourth-order valence-corrected chi connectivity index (χ4v) is 3.41. The maximum Gasteiger partial charge on any atom is 0.350 e. The predicted molar refractivity (Wildman–Crippen MR) is 85.3 cm³/mol. The zero-order chi connectivity index (χ0) is 16.2. The smallest absolute Gasteiger partial charge is 0.350 e. The Hall–Kier alpha value is -2.22. The van der Waals surface area contributed by atoms with Gasteiger partial charge in [-0.3, -0.25) is 4.98 Å². The quantitative estimate of drug-likeness (QED) is 0.673. The average Bonchev–Trinajstić information content (AvgIpc) is 3.17. The molecule has 0 atom stereocenters. The van der Waals surface area contributed by atoms with Crippen molar-refractivity contribution >= 4 is 28.7 Å². The van der Waals surface area contributed by atoms with E-state index in [2.05, 4.69) is 20.1 Å². The van der Waals surface area contributed by atoms with Gasteiger partial charge in [-0.1, -0.05) is 11.8 Å². The first-order chi connectivity index (χ1) is 11.2. The number of nitrogens with zero attached hydrogens (tertiary/aromatic N) is 5. The highest BCUT2D eigenvalue weighted by atomic mass is 32.2. The third-order valence-corrected chi connectivity index (χ3v) is 4.64. The maximum atomic E-state index is 11.9. The summed E-state index contributed by atoms with van der Waals surface area (Å²) in [5.74, 6) is 0.567. The second kappa shape index (κ2) is 6.91. The predicted octanol–water partition coefficient (Wildman–Crippen LogP) is 1.57. The normalized spacial score (nSPS) is 11.0. The molecule has 0 fully saturated rings. The highest BCUT2D eigenvalue weighted by Crippen LogP contribution is 2.21. The van der Waals surface area contributed by atoms with Gasteiger partial charge in [0.15, 0.2) is 10.8 Å². The molecule has 0 saturated heterocycles. The molecule has 3 heterocycles. The third-order valence-electron chi connectivity index (χ3n) is 2.86. The molecule has 8 nitrogen and oxygen atoms in total. The Morgan fingerprint density at radius 2 is 2.39 bits per heavy atom. The molecule has 0 amide bonds. The van der Waals surface area contributed by atoms with Gasteiger partial charge in [0.05, 0.1) is 18.5 Å². The summed E-state index contributed by atoms with van der Waals surface area (Å²) in [7, 11) is 0. The van der Waals surface area contributed by atoms with Crippen molar-refractivity contribution in [1.29, 1.82) is 5.26 Å². The van der Waals surface area contributed by atoms with Crippen molar-refractivity contribution in [3.05, 3.63) is 38.3 Å². The van der Waals surface area contributed by atoms with E-state index < -0.39 is 5.69 Å². The lowest BCUT2D eigenvalue weighted by molar-refractivity contribution is 0.134. The van der Waals surface area contributed by atoms with Gasteiger partial charge in [-0.2, -0.15) is 14.9 Å². The highest BCUT2D eigenvalue weighted by molar-refractivity contribution is 7.98. The van der Waals surface area contributed by atoms with E-state index in [4.69, 9.17) is 10.00 Å². The summed E-state index contributed by atoms with van der Waals surface area (Å²) < 4.78 is 6.39. The number of nitriles is 1. The summed E-state index contributed by atoms with van der Waals surface area (Å²) in [4.78, 5) is 23.3. The van der Waals surface area contributed by atoms with Crippen LogP contribution in [-0.4, -0.2) is 31.2 Å². The molecular formula is C13H12N6O2S2. The molecule has 0 saturated carbocycles. The first kappa shape index (κ1) is 15.7. The Labute approximate surface area is 139 Å². The molecule has 0 aromatic carbocycles. The van der Waals surface area contributed by atoms with Crippen molar-refractivity contribution in [1.82, 2.24) is 24.6 Å². The van der Waals surface area contributed by atoms with Gasteiger partial charge in [-0.05, 0) is 6.92 Å². The van der Waals surface area contributed by atoms with E-state index in [9.17, 15) is 4.79 Å². The number of rotatable bonds is 6. The van der Waals surface area contributed by atoms with Gasteiger partial charge in [-0.25, -0.2) is 14.8 Å². The monoisotopic (exact) mass is 348 g/mol. The van der Waals surface area contributed by atoms with Crippen molar-refractivity contribution in [2.75, 3.05) is 6.61 Å². The van der Waals surface area contributed by atoms with E-state index in [1.54, 1.807) is 0 Å². The number of thiazole rings is 1. The molecule has 23 heavy (non-hydrogen) atoms. The van der Waals surface area contributed by atoms with Crippen LogP contribution in [0.4, 0.5) is 0 Å². The molecule has 0 bridgehead atoms.